The van der Waals surface area contributed by atoms with E-state index in [2.05, 4.69) is 0 Å². The number of halogens is 6. The predicted octanol–water partition coefficient (Wildman–Crippen LogP) is 5.78. The normalized spacial score (nSPS) is 10.7. The second-order valence-electron chi connectivity index (χ2n) is 2.48. The minimum absolute atomic E-state index is 0.165. The third-order valence-corrected chi connectivity index (χ3v) is 4.11. The highest BCUT2D eigenvalue weighted by molar-refractivity contribution is 6.50. The summed E-state index contributed by atoms with van der Waals surface area (Å²) in [5, 5.41) is 1.19. The van der Waals surface area contributed by atoms with Crippen molar-refractivity contribution in [2.45, 2.75) is 11.8 Å². The van der Waals surface area contributed by atoms with Gasteiger partial charge in [0.25, 0.3) is 0 Å². The maximum absolute atomic E-state index is 6.00. The van der Waals surface area contributed by atoms with Gasteiger partial charge >= 0.3 is 0 Å². The van der Waals surface area contributed by atoms with E-state index in [-0.39, 0.29) is 26.8 Å². The lowest BCUT2D eigenvalue weighted by Crippen LogP contribution is -1.92. The summed E-state index contributed by atoms with van der Waals surface area (Å²) in [6.45, 7) is 0. The molecule has 0 heterocycles. The Morgan fingerprint density at radius 1 is 0.571 bits per heavy atom. The van der Waals surface area contributed by atoms with Gasteiger partial charge in [0.2, 0.25) is 0 Å². The van der Waals surface area contributed by atoms with Gasteiger partial charge in [0, 0.05) is 11.1 Å². The third kappa shape index (κ3) is 2.21. The molecule has 0 saturated heterocycles. The van der Waals surface area contributed by atoms with Crippen molar-refractivity contribution in [2.24, 2.45) is 0 Å². The van der Waals surface area contributed by atoms with Crippen LogP contribution >= 0.6 is 69.6 Å². The van der Waals surface area contributed by atoms with Crippen LogP contribution in [0.2, 0.25) is 20.1 Å². The van der Waals surface area contributed by atoms with Crippen LogP contribution in [0.5, 0.6) is 0 Å². The first-order valence-electron chi connectivity index (χ1n) is 3.50. The maximum atomic E-state index is 6.00. The molecule has 0 atom stereocenters. The van der Waals surface area contributed by atoms with Crippen LogP contribution in [-0.4, -0.2) is 0 Å². The van der Waals surface area contributed by atoms with E-state index < -0.39 is 0 Å². The van der Waals surface area contributed by atoms with Gasteiger partial charge in [-0.1, -0.05) is 46.4 Å². The molecule has 0 N–H and O–H groups in total. The zero-order valence-electron chi connectivity index (χ0n) is 6.68. The molecule has 0 aliphatic rings. The van der Waals surface area contributed by atoms with E-state index in [0.717, 1.165) is 0 Å². The van der Waals surface area contributed by atoms with Crippen LogP contribution in [0.3, 0.4) is 0 Å². The van der Waals surface area contributed by atoms with Crippen LogP contribution < -0.4 is 0 Å². The van der Waals surface area contributed by atoms with Crippen molar-refractivity contribution in [1.29, 1.82) is 0 Å². The van der Waals surface area contributed by atoms with Gasteiger partial charge in [-0.2, -0.15) is 0 Å². The molecule has 14 heavy (non-hydrogen) atoms. The molecule has 1 aromatic rings. The minimum Gasteiger partial charge on any atom is -0.121 e. The Bertz CT molecular complexity index is 328. The van der Waals surface area contributed by atoms with Crippen molar-refractivity contribution >= 4 is 69.6 Å². The quantitative estimate of drug-likeness (QED) is 0.369. The molecule has 1 rings (SSSR count). The fraction of sp³-hybridized carbons (Fsp3) is 0.250. The fourth-order valence-corrected chi connectivity index (χ4v) is 2.99. The smallest absolute Gasteiger partial charge is 0.0786 e. The SMILES string of the molecule is ClCc1c(Cl)c(Cl)c(Cl)c(CCl)c1Cl. The molecular formula is C8H4Cl6. The molecule has 0 aliphatic carbocycles. The van der Waals surface area contributed by atoms with Gasteiger partial charge in [0.05, 0.1) is 31.9 Å². The van der Waals surface area contributed by atoms with Gasteiger partial charge in [0.1, 0.15) is 0 Å². The van der Waals surface area contributed by atoms with Crippen molar-refractivity contribution in [1.82, 2.24) is 0 Å². The first-order valence-corrected chi connectivity index (χ1v) is 6.08. The highest BCUT2D eigenvalue weighted by atomic mass is 35.5. The van der Waals surface area contributed by atoms with Crippen LogP contribution in [0.1, 0.15) is 11.1 Å². The highest BCUT2D eigenvalue weighted by Gasteiger charge is 2.18. The Balaban J connectivity index is 3.56. The van der Waals surface area contributed by atoms with E-state index in [1.54, 1.807) is 0 Å². The number of hydrogen-bond donors (Lipinski definition) is 0. The number of rotatable bonds is 2. The van der Waals surface area contributed by atoms with Crippen LogP contribution in [-0.2, 0) is 11.8 Å². The topological polar surface area (TPSA) is 0 Å². The van der Waals surface area contributed by atoms with E-state index in [1.807, 2.05) is 0 Å². The van der Waals surface area contributed by atoms with Crippen molar-refractivity contribution < 1.29 is 0 Å². The van der Waals surface area contributed by atoms with Gasteiger partial charge in [-0.05, 0) is 0 Å². The largest absolute Gasteiger partial charge is 0.121 e. The first-order chi connectivity index (χ1) is 6.54. The van der Waals surface area contributed by atoms with E-state index in [9.17, 15) is 0 Å². The molecule has 0 nitrogen and oxygen atoms in total. The Morgan fingerprint density at radius 2 is 0.929 bits per heavy atom. The molecule has 0 fully saturated rings. The molecule has 0 saturated carbocycles. The van der Waals surface area contributed by atoms with E-state index in [0.29, 0.717) is 16.1 Å². The Morgan fingerprint density at radius 3 is 1.21 bits per heavy atom. The molecule has 0 amide bonds. The van der Waals surface area contributed by atoms with E-state index in [4.69, 9.17) is 69.6 Å². The number of benzene rings is 1. The lowest BCUT2D eigenvalue weighted by molar-refractivity contribution is 1.32. The molecule has 0 bridgehead atoms. The fourth-order valence-electron chi connectivity index (χ4n) is 0.971. The molecule has 1 aromatic carbocycles. The highest BCUT2D eigenvalue weighted by Crippen LogP contribution is 2.42. The summed E-state index contributed by atoms with van der Waals surface area (Å²) in [7, 11) is 0. The number of hydrogen-bond acceptors (Lipinski definition) is 0. The summed E-state index contributed by atoms with van der Waals surface area (Å²) in [5.74, 6) is 0.330. The summed E-state index contributed by atoms with van der Waals surface area (Å²) in [5.41, 5.74) is 1.11. The zero-order valence-corrected chi connectivity index (χ0v) is 11.2. The summed E-state index contributed by atoms with van der Waals surface area (Å²) >= 11 is 35.0. The lowest BCUT2D eigenvalue weighted by Gasteiger charge is -2.12. The van der Waals surface area contributed by atoms with Crippen LogP contribution in [0, 0.1) is 0 Å². The Labute approximate surface area is 112 Å². The maximum Gasteiger partial charge on any atom is 0.0786 e. The average Bonchev–Trinajstić information content (AvgIpc) is 2.16. The predicted molar refractivity (Wildman–Crippen MR) is 65.6 cm³/mol. The van der Waals surface area contributed by atoms with Gasteiger partial charge in [0.15, 0.2) is 0 Å². The lowest BCUT2D eigenvalue weighted by atomic mass is 10.1. The molecular weight excluding hydrogens is 309 g/mol. The van der Waals surface area contributed by atoms with E-state index in [1.165, 1.54) is 0 Å². The Kier molecular flexibility index (Phi) is 4.97. The van der Waals surface area contributed by atoms with Crippen molar-refractivity contribution in [3.8, 4) is 0 Å². The van der Waals surface area contributed by atoms with Crippen LogP contribution in [0.25, 0.3) is 0 Å². The monoisotopic (exact) mass is 310 g/mol. The summed E-state index contributed by atoms with van der Waals surface area (Å²) in [4.78, 5) is 0. The molecule has 0 aromatic heterocycles. The Hall–Kier alpha value is 0.960. The second-order valence-corrected chi connectivity index (χ2v) is 4.53. The minimum atomic E-state index is 0.165. The zero-order chi connectivity index (χ0) is 10.9. The van der Waals surface area contributed by atoms with Crippen molar-refractivity contribution in [3.05, 3.63) is 31.2 Å². The summed E-state index contributed by atoms with van der Waals surface area (Å²) < 4.78 is 0. The first kappa shape index (κ1) is 13.0. The molecule has 6 heteroatoms. The summed E-state index contributed by atoms with van der Waals surface area (Å²) in [6, 6.07) is 0. The average molecular weight is 313 g/mol. The second kappa shape index (κ2) is 5.34. The molecule has 0 radical (unpaired) electrons. The van der Waals surface area contributed by atoms with Gasteiger partial charge in [-0.3, -0.25) is 0 Å². The molecule has 0 unspecified atom stereocenters. The molecule has 0 aliphatic heterocycles. The molecule has 78 valence electrons. The summed E-state index contributed by atoms with van der Waals surface area (Å²) in [6.07, 6.45) is 0. The van der Waals surface area contributed by atoms with Crippen molar-refractivity contribution in [2.75, 3.05) is 0 Å². The third-order valence-electron chi connectivity index (χ3n) is 1.71. The van der Waals surface area contributed by atoms with E-state index >= 15 is 0 Å². The van der Waals surface area contributed by atoms with Gasteiger partial charge in [-0.15, -0.1) is 23.2 Å². The van der Waals surface area contributed by atoms with Crippen LogP contribution in [0.4, 0.5) is 0 Å². The van der Waals surface area contributed by atoms with Gasteiger partial charge in [-0.25, -0.2) is 0 Å². The van der Waals surface area contributed by atoms with Crippen LogP contribution in [0.15, 0.2) is 0 Å². The van der Waals surface area contributed by atoms with Crippen molar-refractivity contribution in [3.63, 3.8) is 0 Å². The number of alkyl halides is 2. The van der Waals surface area contributed by atoms with Gasteiger partial charge < -0.3 is 0 Å². The molecule has 0 spiro atoms. The standard InChI is InChI=1S/C8H4Cl6/c9-1-3-5(11)4(2-10)7(13)8(14)6(3)12/h1-2H2.